The number of aryl methyl sites for hydroxylation is 1. The van der Waals surface area contributed by atoms with Gasteiger partial charge in [-0.2, -0.15) is 0 Å². The molecule has 0 radical (unpaired) electrons. The maximum absolute atomic E-state index is 12.6. The minimum atomic E-state index is -0.0410. The van der Waals surface area contributed by atoms with Crippen molar-refractivity contribution in [2.75, 3.05) is 13.2 Å². The molecule has 0 bridgehead atoms. The van der Waals surface area contributed by atoms with Crippen molar-refractivity contribution in [2.24, 2.45) is 0 Å². The third-order valence-electron chi connectivity index (χ3n) is 4.48. The molecule has 3 nitrogen and oxygen atoms in total. The Bertz CT molecular complexity index is 712. The second-order valence-corrected chi connectivity index (χ2v) is 6.45. The molecule has 1 N–H and O–H groups in total. The summed E-state index contributed by atoms with van der Waals surface area (Å²) in [5.74, 6) is 0.000859. The number of amides is 1. The zero-order valence-electron chi connectivity index (χ0n) is 13.1. The first-order valence-electron chi connectivity index (χ1n) is 7.88. The second-order valence-electron chi connectivity index (χ2n) is 6.01. The van der Waals surface area contributed by atoms with Gasteiger partial charge in [0.05, 0.1) is 12.6 Å². The molecule has 1 aliphatic heterocycles. The first kappa shape index (κ1) is 16.0. The molecule has 120 valence electrons. The number of benzene rings is 2. The number of hydrogen-bond acceptors (Lipinski definition) is 2. The van der Waals surface area contributed by atoms with Crippen molar-refractivity contribution in [3.63, 3.8) is 0 Å². The average Bonchev–Trinajstić information content (AvgIpc) is 3.03. The van der Waals surface area contributed by atoms with E-state index in [1.807, 2.05) is 49.4 Å². The number of carbonyl (C=O) groups is 1. The van der Waals surface area contributed by atoms with Crippen molar-refractivity contribution in [1.82, 2.24) is 4.90 Å². The fourth-order valence-corrected chi connectivity index (χ4v) is 3.43. The van der Waals surface area contributed by atoms with Gasteiger partial charge in [-0.1, -0.05) is 29.8 Å². The summed E-state index contributed by atoms with van der Waals surface area (Å²) < 4.78 is 0. The van der Waals surface area contributed by atoms with Crippen LogP contribution >= 0.6 is 11.6 Å². The molecule has 1 atom stereocenters. The van der Waals surface area contributed by atoms with Gasteiger partial charge in [-0.05, 0) is 60.7 Å². The normalized spacial score (nSPS) is 17.5. The van der Waals surface area contributed by atoms with E-state index in [4.69, 9.17) is 11.6 Å². The van der Waals surface area contributed by atoms with Gasteiger partial charge in [0.25, 0.3) is 5.91 Å². The summed E-state index contributed by atoms with van der Waals surface area (Å²) in [6.07, 6.45) is 1.84. The molecule has 0 aliphatic carbocycles. The third kappa shape index (κ3) is 3.26. The van der Waals surface area contributed by atoms with Crippen LogP contribution in [0.1, 0.15) is 28.8 Å². The van der Waals surface area contributed by atoms with Crippen LogP contribution in [0.15, 0.2) is 42.5 Å². The number of nitrogens with zero attached hydrogens (tertiary/aromatic N) is 1. The average molecular weight is 330 g/mol. The third-order valence-corrected chi connectivity index (χ3v) is 4.72. The van der Waals surface area contributed by atoms with Gasteiger partial charge in [0.2, 0.25) is 0 Å². The number of likely N-dealkylation sites (tertiary alicyclic amines) is 1. The standard InChI is InChI=1S/C19H20ClNO2/c1-13-11-16(20)8-9-18(13)14-4-6-15(7-5-14)19(23)21-10-2-3-17(21)12-22/h4-9,11,17,22H,2-3,10,12H2,1H3/t17-/m0/s1. The number of halogens is 1. The highest BCUT2D eigenvalue weighted by molar-refractivity contribution is 6.30. The number of aliphatic hydroxyl groups excluding tert-OH is 1. The van der Waals surface area contributed by atoms with E-state index in [2.05, 4.69) is 0 Å². The van der Waals surface area contributed by atoms with E-state index in [1.54, 1.807) is 4.90 Å². The highest BCUT2D eigenvalue weighted by Gasteiger charge is 2.28. The van der Waals surface area contributed by atoms with Crippen molar-refractivity contribution in [3.05, 3.63) is 58.6 Å². The molecule has 1 aliphatic rings. The van der Waals surface area contributed by atoms with E-state index < -0.39 is 0 Å². The quantitative estimate of drug-likeness (QED) is 0.927. The van der Waals surface area contributed by atoms with Crippen LogP contribution in [0.3, 0.4) is 0 Å². The molecule has 1 fully saturated rings. The Morgan fingerprint density at radius 2 is 2.00 bits per heavy atom. The Balaban J connectivity index is 1.83. The Hall–Kier alpha value is -1.84. The molecule has 23 heavy (non-hydrogen) atoms. The predicted molar refractivity (Wildman–Crippen MR) is 92.8 cm³/mol. The van der Waals surface area contributed by atoms with Crippen LogP contribution in [-0.4, -0.2) is 35.1 Å². The fourth-order valence-electron chi connectivity index (χ4n) is 3.20. The predicted octanol–water partition coefficient (Wildman–Crippen LogP) is 3.91. The van der Waals surface area contributed by atoms with Crippen LogP contribution in [0.5, 0.6) is 0 Å². The number of rotatable bonds is 3. The lowest BCUT2D eigenvalue weighted by atomic mass is 9.99. The van der Waals surface area contributed by atoms with Gasteiger partial charge < -0.3 is 10.0 Å². The van der Waals surface area contributed by atoms with Crippen molar-refractivity contribution in [3.8, 4) is 11.1 Å². The largest absolute Gasteiger partial charge is 0.394 e. The molecule has 0 spiro atoms. The molecule has 1 heterocycles. The summed E-state index contributed by atoms with van der Waals surface area (Å²) in [5.41, 5.74) is 3.95. The molecule has 0 aromatic heterocycles. The molecule has 0 saturated carbocycles. The van der Waals surface area contributed by atoms with Crippen molar-refractivity contribution >= 4 is 17.5 Å². The summed E-state index contributed by atoms with van der Waals surface area (Å²) in [6.45, 7) is 2.78. The highest BCUT2D eigenvalue weighted by atomic mass is 35.5. The van der Waals surface area contributed by atoms with Crippen LogP contribution in [0.2, 0.25) is 5.02 Å². The number of aliphatic hydroxyl groups is 1. The molecule has 2 aromatic carbocycles. The summed E-state index contributed by atoms with van der Waals surface area (Å²) in [5, 5.41) is 10.1. The summed E-state index contributed by atoms with van der Waals surface area (Å²) in [4.78, 5) is 14.4. The van der Waals surface area contributed by atoms with Crippen LogP contribution < -0.4 is 0 Å². The number of carbonyl (C=O) groups excluding carboxylic acids is 1. The van der Waals surface area contributed by atoms with E-state index in [-0.39, 0.29) is 18.6 Å². The Morgan fingerprint density at radius 3 is 2.65 bits per heavy atom. The smallest absolute Gasteiger partial charge is 0.254 e. The van der Waals surface area contributed by atoms with Crippen molar-refractivity contribution in [1.29, 1.82) is 0 Å². The molecule has 2 aromatic rings. The highest BCUT2D eigenvalue weighted by Crippen LogP contribution is 2.27. The number of hydrogen-bond donors (Lipinski definition) is 1. The van der Waals surface area contributed by atoms with Crippen LogP contribution in [0.25, 0.3) is 11.1 Å². The molecule has 1 saturated heterocycles. The topological polar surface area (TPSA) is 40.5 Å². The lowest BCUT2D eigenvalue weighted by Crippen LogP contribution is -2.37. The molecule has 4 heteroatoms. The molecule has 0 unspecified atom stereocenters. The minimum Gasteiger partial charge on any atom is -0.394 e. The monoisotopic (exact) mass is 329 g/mol. The summed E-state index contributed by atoms with van der Waals surface area (Å²) >= 11 is 6.00. The van der Waals surface area contributed by atoms with E-state index in [1.165, 1.54) is 0 Å². The lowest BCUT2D eigenvalue weighted by Gasteiger charge is -2.23. The van der Waals surface area contributed by atoms with E-state index in [0.29, 0.717) is 5.56 Å². The fraction of sp³-hybridized carbons (Fsp3) is 0.316. The van der Waals surface area contributed by atoms with Crippen LogP contribution in [0.4, 0.5) is 0 Å². The lowest BCUT2D eigenvalue weighted by molar-refractivity contribution is 0.0677. The van der Waals surface area contributed by atoms with Gasteiger partial charge in [-0.3, -0.25) is 4.79 Å². The van der Waals surface area contributed by atoms with E-state index in [0.717, 1.165) is 41.1 Å². The van der Waals surface area contributed by atoms with Gasteiger partial charge in [0.15, 0.2) is 0 Å². The van der Waals surface area contributed by atoms with Gasteiger partial charge in [0.1, 0.15) is 0 Å². The zero-order chi connectivity index (χ0) is 16.4. The molecular weight excluding hydrogens is 310 g/mol. The Kier molecular flexibility index (Phi) is 4.69. The van der Waals surface area contributed by atoms with Gasteiger partial charge in [0, 0.05) is 17.1 Å². The maximum Gasteiger partial charge on any atom is 0.254 e. The van der Waals surface area contributed by atoms with Crippen LogP contribution in [0, 0.1) is 6.92 Å². The molecule has 1 amide bonds. The van der Waals surface area contributed by atoms with Crippen molar-refractivity contribution in [2.45, 2.75) is 25.8 Å². The maximum atomic E-state index is 12.6. The molecule has 3 rings (SSSR count). The van der Waals surface area contributed by atoms with E-state index in [9.17, 15) is 9.90 Å². The van der Waals surface area contributed by atoms with Gasteiger partial charge >= 0.3 is 0 Å². The van der Waals surface area contributed by atoms with Gasteiger partial charge in [-0.15, -0.1) is 0 Å². The molecular formula is C19H20ClNO2. The van der Waals surface area contributed by atoms with E-state index >= 15 is 0 Å². The van der Waals surface area contributed by atoms with Crippen LogP contribution in [-0.2, 0) is 0 Å². The first-order chi connectivity index (χ1) is 11.1. The first-order valence-corrected chi connectivity index (χ1v) is 8.26. The summed E-state index contributed by atoms with van der Waals surface area (Å²) in [6, 6.07) is 13.4. The zero-order valence-corrected chi connectivity index (χ0v) is 13.9. The second kappa shape index (κ2) is 6.73. The minimum absolute atomic E-state index is 0.000859. The Labute approximate surface area is 141 Å². The Morgan fingerprint density at radius 1 is 1.26 bits per heavy atom. The SMILES string of the molecule is Cc1cc(Cl)ccc1-c1ccc(C(=O)N2CCC[C@H]2CO)cc1. The van der Waals surface area contributed by atoms with Gasteiger partial charge in [-0.25, -0.2) is 0 Å². The van der Waals surface area contributed by atoms with Crippen molar-refractivity contribution < 1.29 is 9.90 Å². The summed E-state index contributed by atoms with van der Waals surface area (Å²) in [7, 11) is 0.